The van der Waals surface area contributed by atoms with E-state index in [0.29, 0.717) is 16.0 Å². The highest BCUT2D eigenvalue weighted by Crippen LogP contribution is 2.39. The molecule has 1 aromatic heterocycles. The normalized spacial score (nSPS) is 17.2. The maximum absolute atomic E-state index is 13.4. The van der Waals surface area contributed by atoms with E-state index < -0.39 is 5.25 Å². The van der Waals surface area contributed by atoms with E-state index in [4.69, 9.17) is 11.6 Å². The van der Waals surface area contributed by atoms with E-state index in [2.05, 4.69) is 27.9 Å². The fourth-order valence-electron chi connectivity index (χ4n) is 3.78. The number of hydrogen-bond donors (Lipinski definition) is 2. The van der Waals surface area contributed by atoms with Crippen molar-refractivity contribution in [3.05, 3.63) is 94.5 Å². The Hall–Kier alpha value is -3.29. The van der Waals surface area contributed by atoms with Crippen LogP contribution in [0, 0.1) is 13.8 Å². The lowest BCUT2D eigenvalue weighted by atomic mass is 10.0. The number of fused-ring (bicyclic) bond motifs is 1. The summed E-state index contributed by atoms with van der Waals surface area (Å²) in [5.74, 6) is 0.594. The standard InChI is InChI=1S/C25H22ClN5OS/c1-15-8-13-20(14-16(15)2)27-24(32)22-21(17-9-11-19(26)12-10-17)30-31-23(28-29-25(31)33-22)18-6-4-3-5-7-18/h3-14,21-22,30H,1-2H3,(H,27,32)/t21-,22+/m0/s1. The van der Waals surface area contributed by atoms with Crippen LogP contribution in [0.3, 0.4) is 0 Å². The van der Waals surface area contributed by atoms with Crippen LogP contribution in [0.2, 0.25) is 5.02 Å². The third-order valence-electron chi connectivity index (χ3n) is 5.73. The van der Waals surface area contributed by atoms with Gasteiger partial charge in [-0.05, 0) is 54.8 Å². The van der Waals surface area contributed by atoms with Crippen LogP contribution in [0.15, 0.2) is 78.0 Å². The molecule has 0 radical (unpaired) electrons. The fourth-order valence-corrected chi connectivity index (χ4v) is 4.99. The van der Waals surface area contributed by atoms with Crippen molar-refractivity contribution in [2.24, 2.45) is 0 Å². The Morgan fingerprint density at radius 2 is 1.76 bits per heavy atom. The lowest BCUT2D eigenvalue weighted by Gasteiger charge is -2.33. The van der Waals surface area contributed by atoms with Gasteiger partial charge in [0.25, 0.3) is 0 Å². The number of nitrogens with one attached hydrogen (secondary N) is 2. The molecule has 0 unspecified atom stereocenters. The molecule has 6 nitrogen and oxygen atoms in total. The molecular weight excluding hydrogens is 454 g/mol. The molecule has 2 heterocycles. The van der Waals surface area contributed by atoms with Gasteiger partial charge < -0.3 is 10.7 Å². The van der Waals surface area contributed by atoms with Crippen molar-refractivity contribution in [1.82, 2.24) is 14.9 Å². The van der Waals surface area contributed by atoms with Crippen molar-refractivity contribution in [3.8, 4) is 11.4 Å². The highest BCUT2D eigenvalue weighted by Gasteiger charge is 2.38. The summed E-state index contributed by atoms with van der Waals surface area (Å²) in [5, 5.41) is 12.6. The summed E-state index contributed by atoms with van der Waals surface area (Å²) in [7, 11) is 0. The van der Waals surface area contributed by atoms with E-state index in [9.17, 15) is 4.79 Å². The largest absolute Gasteiger partial charge is 0.325 e. The van der Waals surface area contributed by atoms with Gasteiger partial charge in [0.05, 0.1) is 6.04 Å². The molecule has 0 saturated carbocycles. The van der Waals surface area contributed by atoms with Gasteiger partial charge in [0.1, 0.15) is 5.25 Å². The Morgan fingerprint density at radius 3 is 2.48 bits per heavy atom. The number of carbonyl (C=O) groups excluding carboxylic acids is 1. The second kappa shape index (κ2) is 8.92. The molecule has 2 atom stereocenters. The van der Waals surface area contributed by atoms with E-state index >= 15 is 0 Å². The summed E-state index contributed by atoms with van der Waals surface area (Å²) in [5.41, 5.74) is 8.46. The quantitative estimate of drug-likeness (QED) is 0.401. The zero-order chi connectivity index (χ0) is 22.9. The SMILES string of the molecule is Cc1ccc(NC(=O)[C@@H]2Sc3nnc(-c4ccccc4)n3N[C@H]2c2ccc(Cl)cc2)cc1C. The van der Waals surface area contributed by atoms with Gasteiger partial charge in [-0.2, -0.15) is 0 Å². The summed E-state index contributed by atoms with van der Waals surface area (Å²) < 4.78 is 1.86. The average Bonchev–Trinajstić information content (AvgIpc) is 3.25. The summed E-state index contributed by atoms with van der Waals surface area (Å²) >= 11 is 7.52. The van der Waals surface area contributed by atoms with Gasteiger partial charge in [0.2, 0.25) is 11.1 Å². The highest BCUT2D eigenvalue weighted by molar-refractivity contribution is 8.00. The number of nitrogens with zero attached hydrogens (tertiary/aromatic N) is 3. The lowest BCUT2D eigenvalue weighted by molar-refractivity contribution is -0.116. The van der Waals surface area contributed by atoms with Crippen molar-refractivity contribution < 1.29 is 4.79 Å². The number of hydrogen-bond acceptors (Lipinski definition) is 5. The molecule has 5 rings (SSSR count). The third-order valence-corrected chi connectivity index (χ3v) is 7.20. The molecule has 4 aromatic rings. The second-order valence-corrected chi connectivity index (χ2v) is 9.54. The predicted octanol–water partition coefficient (Wildman–Crippen LogP) is 5.61. The molecule has 3 aromatic carbocycles. The minimum atomic E-state index is -0.465. The first-order chi connectivity index (χ1) is 16.0. The molecule has 8 heteroatoms. The number of thioether (sulfide) groups is 1. The van der Waals surface area contributed by atoms with Gasteiger partial charge in [0, 0.05) is 16.3 Å². The summed E-state index contributed by atoms with van der Waals surface area (Å²) in [4.78, 5) is 13.4. The van der Waals surface area contributed by atoms with Crippen LogP contribution >= 0.6 is 23.4 Å². The first kappa shape index (κ1) is 21.6. The molecule has 0 spiro atoms. The van der Waals surface area contributed by atoms with E-state index in [0.717, 1.165) is 22.4 Å². The number of aryl methyl sites for hydroxylation is 2. The van der Waals surface area contributed by atoms with Crippen molar-refractivity contribution in [1.29, 1.82) is 0 Å². The molecule has 2 N–H and O–H groups in total. The van der Waals surface area contributed by atoms with Crippen LogP contribution in [0.5, 0.6) is 0 Å². The minimum absolute atomic E-state index is 0.105. The maximum Gasteiger partial charge on any atom is 0.240 e. The van der Waals surface area contributed by atoms with Crippen molar-refractivity contribution in [2.45, 2.75) is 30.3 Å². The van der Waals surface area contributed by atoms with Crippen molar-refractivity contribution >= 4 is 35.0 Å². The lowest BCUT2D eigenvalue weighted by Crippen LogP contribution is -2.41. The Morgan fingerprint density at radius 1 is 1.00 bits per heavy atom. The van der Waals surface area contributed by atoms with Gasteiger partial charge in [-0.1, -0.05) is 71.9 Å². The van der Waals surface area contributed by atoms with Crippen LogP contribution in [0.4, 0.5) is 5.69 Å². The van der Waals surface area contributed by atoms with Gasteiger partial charge >= 0.3 is 0 Å². The van der Waals surface area contributed by atoms with Crippen molar-refractivity contribution in [3.63, 3.8) is 0 Å². The number of anilines is 1. The monoisotopic (exact) mass is 475 g/mol. The number of carbonyl (C=O) groups is 1. The number of amides is 1. The Balaban J connectivity index is 1.50. The predicted molar refractivity (Wildman–Crippen MR) is 133 cm³/mol. The van der Waals surface area contributed by atoms with Crippen molar-refractivity contribution in [2.75, 3.05) is 10.7 Å². The van der Waals surface area contributed by atoms with E-state index in [1.807, 2.05) is 84.4 Å². The second-order valence-electron chi connectivity index (χ2n) is 7.99. The van der Waals surface area contributed by atoms with Crippen LogP contribution < -0.4 is 10.7 Å². The first-order valence-corrected chi connectivity index (χ1v) is 11.8. The third kappa shape index (κ3) is 4.34. The number of aromatic nitrogens is 3. The Bertz CT molecular complexity index is 1310. The zero-order valence-electron chi connectivity index (χ0n) is 18.1. The van der Waals surface area contributed by atoms with Gasteiger partial charge in [-0.3, -0.25) is 4.79 Å². The van der Waals surface area contributed by atoms with E-state index in [1.165, 1.54) is 17.3 Å². The fraction of sp³-hybridized carbons (Fsp3) is 0.160. The van der Waals surface area contributed by atoms with Gasteiger partial charge in [-0.15, -0.1) is 10.2 Å². The Kier molecular flexibility index (Phi) is 5.83. The summed E-state index contributed by atoms with van der Waals surface area (Å²) in [6.07, 6.45) is 0. The van der Waals surface area contributed by atoms with E-state index in [1.54, 1.807) is 0 Å². The maximum atomic E-state index is 13.4. The number of benzene rings is 3. The molecule has 0 saturated heterocycles. The average molecular weight is 476 g/mol. The molecule has 33 heavy (non-hydrogen) atoms. The Labute approximate surface area is 201 Å². The van der Waals surface area contributed by atoms with Gasteiger partial charge in [0.15, 0.2) is 5.82 Å². The van der Waals surface area contributed by atoms with Gasteiger partial charge in [-0.25, -0.2) is 4.68 Å². The molecule has 1 amide bonds. The molecule has 166 valence electrons. The molecule has 0 aliphatic carbocycles. The first-order valence-electron chi connectivity index (χ1n) is 10.6. The molecule has 0 fully saturated rings. The van der Waals surface area contributed by atoms with Crippen LogP contribution in [0.25, 0.3) is 11.4 Å². The summed E-state index contributed by atoms with van der Waals surface area (Å²) in [6, 6.07) is 23.0. The van der Waals surface area contributed by atoms with E-state index in [-0.39, 0.29) is 11.9 Å². The smallest absolute Gasteiger partial charge is 0.240 e. The van der Waals surface area contributed by atoms with Crippen LogP contribution in [0.1, 0.15) is 22.7 Å². The minimum Gasteiger partial charge on any atom is -0.325 e. The molecule has 1 aliphatic heterocycles. The number of rotatable bonds is 4. The number of halogens is 1. The highest BCUT2D eigenvalue weighted by atomic mass is 35.5. The van der Waals surface area contributed by atoms with Crippen LogP contribution in [-0.4, -0.2) is 26.0 Å². The zero-order valence-corrected chi connectivity index (χ0v) is 19.7. The van der Waals surface area contributed by atoms with Crippen LogP contribution in [-0.2, 0) is 4.79 Å². The summed E-state index contributed by atoms with van der Waals surface area (Å²) in [6.45, 7) is 4.08. The topological polar surface area (TPSA) is 71.8 Å². The molecule has 0 bridgehead atoms. The molecule has 1 aliphatic rings. The molecular formula is C25H22ClN5OS.